The Morgan fingerprint density at radius 2 is 1.93 bits per heavy atom. The Morgan fingerprint density at radius 3 is 2.70 bits per heavy atom. The first-order valence-electron chi connectivity index (χ1n) is 8.72. The van der Waals surface area contributed by atoms with E-state index in [0.29, 0.717) is 35.2 Å². The lowest BCUT2D eigenvalue weighted by Gasteiger charge is -2.09. The maximum absolute atomic E-state index is 12.6. The minimum Gasteiger partial charge on any atom is -0.454 e. The van der Waals surface area contributed by atoms with Gasteiger partial charge in [-0.3, -0.25) is 9.78 Å². The van der Waals surface area contributed by atoms with Gasteiger partial charge in [0, 0.05) is 42.2 Å². The molecule has 0 fully saturated rings. The molecule has 0 aliphatic heterocycles. The van der Waals surface area contributed by atoms with Crippen LogP contribution in [0.2, 0.25) is 0 Å². The number of esters is 1. The molecule has 0 saturated heterocycles. The second-order valence-electron chi connectivity index (χ2n) is 6.30. The molecule has 6 nitrogen and oxygen atoms in total. The highest BCUT2D eigenvalue weighted by Gasteiger charge is 2.18. The Hall–Kier alpha value is -2.99. The third kappa shape index (κ3) is 3.90. The summed E-state index contributed by atoms with van der Waals surface area (Å²) in [5.41, 5.74) is 3.49. The van der Waals surface area contributed by atoms with E-state index in [0.717, 1.165) is 11.4 Å². The molecule has 27 heavy (non-hydrogen) atoms. The highest BCUT2D eigenvalue weighted by atomic mass is 16.5. The van der Waals surface area contributed by atoms with Gasteiger partial charge in [-0.25, -0.2) is 4.79 Å². The van der Waals surface area contributed by atoms with Crippen molar-refractivity contribution in [1.29, 1.82) is 0 Å². The monoisotopic (exact) mass is 366 g/mol. The Morgan fingerprint density at radius 1 is 1.11 bits per heavy atom. The quantitative estimate of drug-likeness (QED) is 0.474. The van der Waals surface area contributed by atoms with E-state index in [2.05, 4.69) is 4.98 Å². The molecule has 0 amide bonds. The molecule has 3 aromatic rings. The fraction of sp³-hybridized carbons (Fsp3) is 0.286. The smallest absolute Gasteiger partial charge is 0.339 e. The molecule has 0 atom stereocenters. The molecule has 0 aliphatic carbocycles. The van der Waals surface area contributed by atoms with Gasteiger partial charge in [0.1, 0.15) is 0 Å². The summed E-state index contributed by atoms with van der Waals surface area (Å²) in [5, 5.41) is 0.704. The van der Waals surface area contributed by atoms with Gasteiger partial charge >= 0.3 is 5.97 Å². The van der Waals surface area contributed by atoms with Crippen LogP contribution in [0.4, 0.5) is 0 Å². The van der Waals surface area contributed by atoms with Crippen LogP contribution in [0.1, 0.15) is 32.1 Å². The van der Waals surface area contributed by atoms with Crippen LogP contribution in [0.25, 0.3) is 10.9 Å². The van der Waals surface area contributed by atoms with Crippen LogP contribution in [-0.4, -0.2) is 41.6 Å². The van der Waals surface area contributed by atoms with E-state index >= 15 is 0 Å². The molecule has 3 rings (SSSR count). The molecule has 0 radical (unpaired) electrons. The third-order valence-corrected chi connectivity index (χ3v) is 4.59. The Labute approximate surface area is 157 Å². The van der Waals surface area contributed by atoms with Crippen molar-refractivity contribution in [3.8, 4) is 0 Å². The lowest BCUT2D eigenvalue weighted by atomic mass is 10.1. The van der Waals surface area contributed by atoms with Gasteiger partial charge in [0.05, 0.1) is 17.7 Å². The van der Waals surface area contributed by atoms with Crippen molar-refractivity contribution >= 4 is 22.7 Å². The lowest BCUT2D eigenvalue weighted by molar-refractivity contribution is 0.0476. The minimum atomic E-state index is -0.532. The molecule has 1 aromatic carbocycles. The second-order valence-corrected chi connectivity index (χ2v) is 6.30. The number of rotatable bonds is 7. The van der Waals surface area contributed by atoms with E-state index in [-0.39, 0.29) is 12.4 Å². The van der Waals surface area contributed by atoms with Crippen molar-refractivity contribution in [3.63, 3.8) is 0 Å². The number of aryl methyl sites for hydroxylation is 1. The number of pyridine rings is 1. The van der Waals surface area contributed by atoms with Gasteiger partial charge in [0.2, 0.25) is 5.78 Å². The van der Waals surface area contributed by atoms with Gasteiger partial charge in [-0.2, -0.15) is 0 Å². The molecule has 0 saturated carbocycles. The van der Waals surface area contributed by atoms with Crippen molar-refractivity contribution in [2.24, 2.45) is 0 Å². The van der Waals surface area contributed by atoms with Crippen LogP contribution in [0.15, 0.2) is 42.6 Å². The van der Waals surface area contributed by atoms with E-state index in [1.165, 1.54) is 0 Å². The summed E-state index contributed by atoms with van der Waals surface area (Å²) in [6.45, 7) is 4.75. The molecule has 6 heteroatoms. The van der Waals surface area contributed by atoms with Gasteiger partial charge in [-0.15, -0.1) is 0 Å². The zero-order chi connectivity index (χ0) is 19.4. The fourth-order valence-corrected chi connectivity index (χ4v) is 3.18. The second kappa shape index (κ2) is 8.14. The SMILES string of the molecule is COCCn1c(C)cc(C(=O)COC(=O)c2cccc3ncccc23)c1C. The number of hydrogen-bond donors (Lipinski definition) is 0. The van der Waals surface area contributed by atoms with Gasteiger partial charge < -0.3 is 14.0 Å². The van der Waals surface area contributed by atoms with Gasteiger partial charge in [-0.1, -0.05) is 12.1 Å². The van der Waals surface area contributed by atoms with Crippen molar-refractivity contribution < 1.29 is 19.1 Å². The predicted octanol–water partition coefficient (Wildman–Crippen LogP) is 3.34. The van der Waals surface area contributed by atoms with E-state index < -0.39 is 5.97 Å². The average molecular weight is 366 g/mol. The zero-order valence-electron chi connectivity index (χ0n) is 15.7. The number of fused-ring (bicyclic) bond motifs is 1. The van der Waals surface area contributed by atoms with Crippen LogP contribution in [0, 0.1) is 13.8 Å². The average Bonchev–Trinajstić information content (AvgIpc) is 2.97. The topological polar surface area (TPSA) is 70.4 Å². The first-order chi connectivity index (χ1) is 13.0. The van der Waals surface area contributed by atoms with E-state index in [9.17, 15) is 9.59 Å². The number of ketones is 1. The standard InChI is InChI=1S/C21H22N2O4/c1-14-12-18(15(2)23(14)10-11-26-3)20(24)13-27-21(25)17-6-4-8-19-16(17)7-5-9-22-19/h4-9,12H,10-11,13H2,1-3H3. The minimum absolute atomic E-state index is 0.224. The summed E-state index contributed by atoms with van der Waals surface area (Å²) >= 11 is 0. The molecule has 140 valence electrons. The summed E-state index contributed by atoms with van der Waals surface area (Å²) in [5.74, 6) is -0.756. The molecule has 0 unspecified atom stereocenters. The molecule has 0 aliphatic rings. The number of carbonyl (C=O) groups is 2. The molecule has 0 N–H and O–H groups in total. The summed E-state index contributed by atoms with van der Waals surface area (Å²) < 4.78 is 12.4. The maximum atomic E-state index is 12.6. The van der Waals surface area contributed by atoms with E-state index in [1.54, 1.807) is 31.5 Å². The molecule has 0 spiro atoms. The Bertz CT molecular complexity index is 986. The van der Waals surface area contributed by atoms with Gasteiger partial charge in [0.25, 0.3) is 0 Å². The summed E-state index contributed by atoms with van der Waals surface area (Å²) in [7, 11) is 1.64. The van der Waals surface area contributed by atoms with Crippen molar-refractivity contribution in [1.82, 2.24) is 9.55 Å². The normalized spacial score (nSPS) is 10.9. The fourth-order valence-electron chi connectivity index (χ4n) is 3.18. The number of benzene rings is 1. The number of nitrogens with zero attached hydrogens (tertiary/aromatic N) is 2. The third-order valence-electron chi connectivity index (χ3n) is 4.59. The summed E-state index contributed by atoms with van der Waals surface area (Å²) in [6.07, 6.45) is 1.67. The van der Waals surface area contributed by atoms with Crippen LogP contribution < -0.4 is 0 Å². The van der Waals surface area contributed by atoms with E-state index in [1.807, 2.05) is 36.6 Å². The highest BCUT2D eigenvalue weighted by Crippen LogP contribution is 2.19. The Balaban J connectivity index is 1.73. The number of Topliss-reactive ketones (excluding diaryl/α,β-unsaturated/α-hetero) is 1. The molecule has 2 aromatic heterocycles. The lowest BCUT2D eigenvalue weighted by Crippen LogP contribution is -2.15. The van der Waals surface area contributed by atoms with Gasteiger partial charge in [0.15, 0.2) is 6.61 Å². The van der Waals surface area contributed by atoms with Crippen molar-refractivity contribution in [2.45, 2.75) is 20.4 Å². The van der Waals surface area contributed by atoms with Crippen molar-refractivity contribution in [2.75, 3.05) is 20.3 Å². The Kier molecular flexibility index (Phi) is 5.66. The van der Waals surface area contributed by atoms with Crippen LogP contribution in [0.3, 0.4) is 0 Å². The number of hydrogen-bond acceptors (Lipinski definition) is 5. The van der Waals surface area contributed by atoms with Crippen LogP contribution in [0.5, 0.6) is 0 Å². The maximum Gasteiger partial charge on any atom is 0.339 e. The first-order valence-corrected chi connectivity index (χ1v) is 8.72. The highest BCUT2D eigenvalue weighted by molar-refractivity contribution is 6.05. The number of carbonyl (C=O) groups excluding carboxylic acids is 2. The summed E-state index contributed by atoms with van der Waals surface area (Å²) in [4.78, 5) is 29.3. The van der Waals surface area contributed by atoms with Crippen LogP contribution >= 0.6 is 0 Å². The zero-order valence-corrected chi connectivity index (χ0v) is 15.7. The van der Waals surface area contributed by atoms with E-state index in [4.69, 9.17) is 9.47 Å². The van der Waals surface area contributed by atoms with Gasteiger partial charge in [-0.05, 0) is 38.1 Å². The predicted molar refractivity (Wildman–Crippen MR) is 102 cm³/mol. The number of aromatic nitrogens is 2. The largest absolute Gasteiger partial charge is 0.454 e. The number of ether oxygens (including phenoxy) is 2. The summed E-state index contributed by atoms with van der Waals surface area (Å²) in [6, 6.07) is 10.6. The molecule has 0 bridgehead atoms. The molecule has 2 heterocycles. The molecular weight excluding hydrogens is 344 g/mol. The molecular formula is C21H22N2O4. The number of methoxy groups -OCH3 is 1. The first kappa shape index (κ1) is 18.8. The van der Waals surface area contributed by atoms with Crippen molar-refractivity contribution in [3.05, 3.63) is 65.1 Å². The van der Waals surface area contributed by atoms with Crippen LogP contribution in [-0.2, 0) is 16.0 Å².